The molecule has 0 saturated carbocycles. The highest BCUT2D eigenvalue weighted by Gasteiger charge is 2.16. The first-order valence-corrected chi connectivity index (χ1v) is 10.4. The molecule has 0 bridgehead atoms. The molecule has 27 heavy (non-hydrogen) atoms. The van der Waals surface area contributed by atoms with E-state index >= 15 is 0 Å². The van der Waals surface area contributed by atoms with E-state index in [1.54, 1.807) is 0 Å². The van der Waals surface area contributed by atoms with Crippen LogP contribution < -0.4 is 0 Å². The molecule has 0 aliphatic carbocycles. The van der Waals surface area contributed by atoms with Crippen molar-refractivity contribution in [2.75, 3.05) is 19.8 Å². The number of halogens is 1. The van der Waals surface area contributed by atoms with Crippen LogP contribution in [0.1, 0.15) is 58.2 Å². The zero-order valence-electron chi connectivity index (χ0n) is 17.7. The smallest absolute Gasteiger partial charge is 0.0701 e. The SMILES string of the molecule is C1CO1.CC(C)(C)c1ccccc1Br.CC(C)(C)c1ccccc1CCO. The standard InChI is InChI=1S/C12H18O.C10H13Br.C2H4O/c1-12(2,3)11-7-5-4-6-10(11)8-9-13;1-10(2,3)8-6-4-5-7-9(8)11;1-2-3-1/h4-7,13H,8-9H2,1-3H3;4-7H,1-3H3;1-2H2. The normalized spacial score (nSPS) is 13.0. The van der Waals surface area contributed by atoms with E-state index in [0.717, 1.165) is 19.6 Å². The molecule has 0 spiro atoms. The first-order chi connectivity index (χ1) is 12.6. The summed E-state index contributed by atoms with van der Waals surface area (Å²) in [5.74, 6) is 0. The Morgan fingerprint density at radius 2 is 1.26 bits per heavy atom. The van der Waals surface area contributed by atoms with Crippen LogP contribution in [0.2, 0.25) is 0 Å². The maximum atomic E-state index is 8.91. The van der Waals surface area contributed by atoms with Crippen LogP contribution in [0, 0.1) is 0 Å². The number of rotatable bonds is 2. The Labute approximate surface area is 174 Å². The van der Waals surface area contributed by atoms with Crippen molar-refractivity contribution < 1.29 is 9.84 Å². The summed E-state index contributed by atoms with van der Waals surface area (Å²) in [7, 11) is 0. The number of ether oxygens (including phenoxy) is 1. The molecule has 3 rings (SSSR count). The van der Waals surface area contributed by atoms with Gasteiger partial charge in [-0.25, -0.2) is 0 Å². The molecular weight excluding hydrogens is 400 g/mol. The van der Waals surface area contributed by atoms with E-state index in [9.17, 15) is 0 Å². The maximum absolute atomic E-state index is 8.91. The zero-order valence-corrected chi connectivity index (χ0v) is 19.3. The van der Waals surface area contributed by atoms with Crippen molar-refractivity contribution in [3.8, 4) is 0 Å². The predicted octanol–water partition coefficient (Wildman–Crippen LogP) is 6.28. The van der Waals surface area contributed by atoms with Gasteiger partial charge in [-0.2, -0.15) is 0 Å². The predicted molar refractivity (Wildman–Crippen MR) is 120 cm³/mol. The van der Waals surface area contributed by atoms with Crippen LogP contribution in [-0.2, 0) is 22.0 Å². The fraction of sp³-hybridized carbons (Fsp3) is 0.500. The van der Waals surface area contributed by atoms with E-state index < -0.39 is 0 Å². The van der Waals surface area contributed by atoms with E-state index in [2.05, 4.69) is 98.6 Å². The first-order valence-electron chi connectivity index (χ1n) is 9.59. The van der Waals surface area contributed by atoms with Crippen molar-refractivity contribution in [1.82, 2.24) is 0 Å². The van der Waals surface area contributed by atoms with Gasteiger partial charge in [-0.15, -0.1) is 0 Å². The fourth-order valence-corrected chi connectivity index (χ4v) is 3.54. The molecule has 0 unspecified atom stereocenters. The summed E-state index contributed by atoms with van der Waals surface area (Å²) >= 11 is 3.53. The summed E-state index contributed by atoms with van der Waals surface area (Å²) in [6, 6.07) is 16.7. The van der Waals surface area contributed by atoms with Gasteiger partial charge in [0, 0.05) is 11.1 Å². The number of benzene rings is 2. The lowest BCUT2D eigenvalue weighted by atomic mass is 9.83. The maximum Gasteiger partial charge on any atom is 0.0701 e. The van der Waals surface area contributed by atoms with Crippen LogP contribution >= 0.6 is 15.9 Å². The molecule has 2 aromatic carbocycles. The quantitative estimate of drug-likeness (QED) is 0.563. The Kier molecular flexibility index (Phi) is 9.72. The minimum absolute atomic E-state index is 0.172. The average molecular weight is 435 g/mol. The van der Waals surface area contributed by atoms with Crippen molar-refractivity contribution in [2.45, 2.75) is 58.8 Å². The molecule has 1 aliphatic rings. The Bertz CT molecular complexity index is 677. The number of aliphatic hydroxyl groups is 1. The summed E-state index contributed by atoms with van der Waals surface area (Å²) in [6.07, 6.45) is 0.757. The molecule has 2 aromatic rings. The van der Waals surface area contributed by atoms with E-state index in [1.165, 1.54) is 21.2 Å². The zero-order chi connectivity index (χ0) is 20.5. The van der Waals surface area contributed by atoms with E-state index in [4.69, 9.17) is 5.11 Å². The summed E-state index contributed by atoms with van der Waals surface area (Å²) in [5.41, 5.74) is 4.37. The summed E-state index contributed by atoms with van der Waals surface area (Å²) < 4.78 is 5.70. The third kappa shape index (κ3) is 9.55. The van der Waals surface area contributed by atoms with Gasteiger partial charge in [0.2, 0.25) is 0 Å². The van der Waals surface area contributed by atoms with Crippen LogP contribution in [0.15, 0.2) is 53.0 Å². The second-order valence-corrected chi connectivity index (χ2v) is 9.58. The molecular formula is C24H35BrO2. The lowest BCUT2D eigenvalue weighted by molar-refractivity contribution is 0.298. The largest absolute Gasteiger partial charge is 0.396 e. The molecule has 1 saturated heterocycles. The van der Waals surface area contributed by atoms with Gasteiger partial charge in [-0.3, -0.25) is 0 Å². The number of hydrogen-bond donors (Lipinski definition) is 1. The monoisotopic (exact) mass is 434 g/mol. The number of epoxide rings is 1. The lowest BCUT2D eigenvalue weighted by Gasteiger charge is -2.22. The second kappa shape index (κ2) is 11.0. The van der Waals surface area contributed by atoms with Gasteiger partial charge in [-0.05, 0) is 40.0 Å². The molecule has 2 nitrogen and oxygen atoms in total. The van der Waals surface area contributed by atoms with Crippen LogP contribution in [0.25, 0.3) is 0 Å². The highest BCUT2D eigenvalue weighted by molar-refractivity contribution is 9.10. The summed E-state index contributed by atoms with van der Waals surface area (Å²) in [6.45, 7) is 15.5. The molecule has 0 atom stereocenters. The van der Waals surface area contributed by atoms with Gasteiger partial charge in [-0.1, -0.05) is 99.9 Å². The fourth-order valence-electron chi connectivity index (χ4n) is 2.66. The number of hydrogen-bond acceptors (Lipinski definition) is 2. The highest BCUT2D eigenvalue weighted by atomic mass is 79.9. The Morgan fingerprint density at radius 3 is 1.63 bits per heavy atom. The minimum atomic E-state index is 0.172. The summed E-state index contributed by atoms with van der Waals surface area (Å²) in [5, 5.41) is 8.91. The van der Waals surface area contributed by atoms with Crippen molar-refractivity contribution in [3.05, 3.63) is 69.7 Å². The lowest BCUT2D eigenvalue weighted by Crippen LogP contribution is -2.14. The Morgan fingerprint density at radius 1 is 0.815 bits per heavy atom. The highest BCUT2D eigenvalue weighted by Crippen LogP contribution is 2.29. The molecule has 0 aromatic heterocycles. The first kappa shape index (κ1) is 23.9. The summed E-state index contributed by atoms with van der Waals surface area (Å²) in [4.78, 5) is 0. The topological polar surface area (TPSA) is 32.8 Å². The van der Waals surface area contributed by atoms with Gasteiger partial charge in [0.15, 0.2) is 0 Å². The Hall–Kier alpha value is -1.16. The molecule has 0 amide bonds. The average Bonchev–Trinajstić information content (AvgIpc) is 3.43. The third-order valence-corrected chi connectivity index (χ3v) is 4.78. The molecule has 3 heteroatoms. The molecule has 1 aliphatic heterocycles. The van der Waals surface area contributed by atoms with Gasteiger partial charge in [0.25, 0.3) is 0 Å². The van der Waals surface area contributed by atoms with Crippen LogP contribution in [0.5, 0.6) is 0 Å². The van der Waals surface area contributed by atoms with Gasteiger partial charge >= 0.3 is 0 Å². The van der Waals surface area contributed by atoms with Gasteiger partial charge < -0.3 is 9.84 Å². The van der Waals surface area contributed by atoms with Crippen LogP contribution in [0.3, 0.4) is 0 Å². The second-order valence-electron chi connectivity index (χ2n) is 8.72. The molecule has 0 radical (unpaired) electrons. The number of aliphatic hydroxyl groups excluding tert-OH is 1. The molecule has 150 valence electrons. The minimum Gasteiger partial charge on any atom is -0.396 e. The molecule has 1 fully saturated rings. The third-order valence-electron chi connectivity index (χ3n) is 4.09. The van der Waals surface area contributed by atoms with Crippen molar-refractivity contribution in [1.29, 1.82) is 0 Å². The van der Waals surface area contributed by atoms with E-state index in [-0.39, 0.29) is 17.4 Å². The Balaban J connectivity index is 0.000000235. The molecule has 1 N–H and O–H groups in total. The van der Waals surface area contributed by atoms with Gasteiger partial charge in [0.1, 0.15) is 0 Å². The van der Waals surface area contributed by atoms with Crippen molar-refractivity contribution in [3.63, 3.8) is 0 Å². The van der Waals surface area contributed by atoms with Crippen LogP contribution in [-0.4, -0.2) is 24.9 Å². The van der Waals surface area contributed by atoms with Crippen molar-refractivity contribution >= 4 is 15.9 Å². The van der Waals surface area contributed by atoms with E-state index in [0.29, 0.717) is 0 Å². The van der Waals surface area contributed by atoms with E-state index in [1.807, 2.05) is 12.1 Å². The van der Waals surface area contributed by atoms with Crippen LogP contribution in [0.4, 0.5) is 0 Å². The molecule has 1 heterocycles. The van der Waals surface area contributed by atoms with Gasteiger partial charge in [0.05, 0.1) is 13.2 Å². The van der Waals surface area contributed by atoms with Crippen molar-refractivity contribution in [2.24, 2.45) is 0 Å².